The van der Waals surface area contributed by atoms with Gasteiger partial charge >= 0.3 is 5.97 Å². The van der Waals surface area contributed by atoms with Gasteiger partial charge in [-0.15, -0.1) is 5.10 Å². The third kappa shape index (κ3) is 5.78. The monoisotopic (exact) mass is 545 g/mol. The van der Waals surface area contributed by atoms with Crippen LogP contribution in [0, 0.1) is 25.7 Å². The van der Waals surface area contributed by atoms with E-state index in [4.69, 9.17) is 4.74 Å². The summed E-state index contributed by atoms with van der Waals surface area (Å²) in [4.78, 5) is 47.3. The van der Waals surface area contributed by atoms with E-state index >= 15 is 0 Å². The lowest BCUT2D eigenvalue weighted by Crippen LogP contribution is -2.52. The molecule has 5 rings (SSSR count). The van der Waals surface area contributed by atoms with Crippen molar-refractivity contribution in [2.75, 3.05) is 0 Å². The minimum Gasteiger partial charge on any atom is -0.458 e. The van der Waals surface area contributed by atoms with Gasteiger partial charge in [0.2, 0.25) is 5.91 Å². The number of fused-ring (bicyclic) bond motifs is 1. The van der Waals surface area contributed by atoms with Gasteiger partial charge in [-0.25, -0.2) is 9.50 Å². The number of rotatable bonds is 9. The summed E-state index contributed by atoms with van der Waals surface area (Å²) in [6.45, 7) is 7.96. The molecule has 212 valence electrons. The van der Waals surface area contributed by atoms with E-state index in [9.17, 15) is 14.4 Å². The van der Waals surface area contributed by atoms with E-state index in [1.165, 1.54) is 12.5 Å². The Kier molecular flexibility index (Phi) is 8.01. The fourth-order valence-electron chi connectivity index (χ4n) is 6.47. The van der Waals surface area contributed by atoms with Gasteiger partial charge in [-0.1, -0.05) is 38.0 Å². The largest absolute Gasteiger partial charge is 0.458 e. The van der Waals surface area contributed by atoms with Gasteiger partial charge in [0.05, 0.1) is 0 Å². The zero-order valence-corrected chi connectivity index (χ0v) is 24.0. The Morgan fingerprint density at radius 3 is 2.60 bits per heavy atom. The van der Waals surface area contributed by atoms with E-state index < -0.39 is 17.5 Å². The van der Waals surface area contributed by atoms with Crippen molar-refractivity contribution in [1.29, 1.82) is 0 Å². The molecule has 1 aliphatic heterocycles. The number of hydrogen-bond donors (Lipinski definition) is 1. The molecule has 2 aromatic heterocycles. The van der Waals surface area contributed by atoms with Gasteiger partial charge in [0.1, 0.15) is 11.5 Å². The number of amides is 1. The molecule has 3 heterocycles. The number of ether oxygens (including phenoxy) is 1. The number of aromatic nitrogens is 4. The molecule has 0 bridgehead atoms. The number of ketones is 1. The maximum absolute atomic E-state index is 13.6. The summed E-state index contributed by atoms with van der Waals surface area (Å²) in [5, 5.41) is 7.39. The molecule has 1 aliphatic carbocycles. The summed E-state index contributed by atoms with van der Waals surface area (Å²) in [6.07, 6.45) is 6.68. The van der Waals surface area contributed by atoms with Crippen molar-refractivity contribution >= 4 is 23.4 Å². The summed E-state index contributed by atoms with van der Waals surface area (Å²) < 4.78 is 7.96. The van der Waals surface area contributed by atoms with Crippen molar-refractivity contribution in [3.05, 3.63) is 58.2 Å². The van der Waals surface area contributed by atoms with Crippen molar-refractivity contribution in [3.63, 3.8) is 0 Å². The van der Waals surface area contributed by atoms with E-state index in [-0.39, 0.29) is 30.4 Å². The molecule has 3 aromatic rings. The first kappa shape index (κ1) is 27.9. The number of nitrogens with zero attached hydrogens (tertiary/aromatic N) is 4. The van der Waals surface area contributed by atoms with E-state index in [2.05, 4.69) is 45.5 Å². The van der Waals surface area contributed by atoms with Crippen LogP contribution in [0.25, 0.3) is 5.78 Å². The van der Waals surface area contributed by atoms with E-state index in [1.54, 1.807) is 4.52 Å². The van der Waals surface area contributed by atoms with Crippen molar-refractivity contribution in [1.82, 2.24) is 24.9 Å². The molecule has 1 aromatic carbocycles. The molecular formula is C31H39N5O4. The van der Waals surface area contributed by atoms with Crippen LogP contribution in [0.15, 0.2) is 24.3 Å². The van der Waals surface area contributed by atoms with Crippen LogP contribution < -0.4 is 5.32 Å². The third-order valence-corrected chi connectivity index (χ3v) is 8.61. The number of aryl methyl sites for hydroxylation is 4. The van der Waals surface area contributed by atoms with E-state index in [0.717, 1.165) is 54.6 Å². The molecule has 40 heavy (non-hydrogen) atoms. The maximum atomic E-state index is 13.6. The first-order valence-electron chi connectivity index (χ1n) is 14.5. The molecule has 2 atom stereocenters. The molecule has 0 radical (unpaired) electrons. The Labute approximate surface area is 235 Å². The highest BCUT2D eigenvalue weighted by Crippen LogP contribution is 2.45. The third-order valence-electron chi connectivity index (χ3n) is 8.61. The van der Waals surface area contributed by atoms with Crippen LogP contribution in [-0.4, -0.2) is 42.8 Å². The fourth-order valence-corrected chi connectivity index (χ4v) is 6.47. The molecule has 1 saturated heterocycles. The quantitative estimate of drug-likeness (QED) is 0.317. The molecule has 0 spiro atoms. The Hall–Kier alpha value is -3.62. The SMILES string of the molecule is CCc1cc(CCC2(C3CCCC3)CC(=O)C(Cc3nc4nc(C)cc(C)n4n3)C(=O)O2)ccc1CNC(C)=O. The Morgan fingerprint density at radius 1 is 1.12 bits per heavy atom. The van der Waals surface area contributed by atoms with Crippen LogP contribution in [0.5, 0.6) is 0 Å². The molecular weight excluding hydrogens is 506 g/mol. The number of benzene rings is 1. The average Bonchev–Trinajstić information content (AvgIpc) is 3.59. The molecule has 1 saturated carbocycles. The zero-order valence-electron chi connectivity index (χ0n) is 24.0. The predicted molar refractivity (Wildman–Crippen MR) is 150 cm³/mol. The van der Waals surface area contributed by atoms with Crippen molar-refractivity contribution < 1.29 is 19.1 Å². The summed E-state index contributed by atoms with van der Waals surface area (Å²) >= 11 is 0. The lowest BCUT2D eigenvalue weighted by Gasteiger charge is -2.43. The molecule has 9 heteroatoms. The number of Topliss-reactive ketones (excluding diaryl/α,β-unsaturated/α-hetero) is 1. The van der Waals surface area contributed by atoms with Gasteiger partial charge in [0.25, 0.3) is 5.78 Å². The minimum atomic E-state index is -0.895. The summed E-state index contributed by atoms with van der Waals surface area (Å²) in [5.74, 6) is -0.395. The Morgan fingerprint density at radius 2 is 1.90 bits per heavy atom. The van der Waals surface area contributed by atoms with Crippen LogP contribution in [0.4, 0.5) is 0 Å². The normalized spacial score (nSPS) is 21.6. The average molecular weight is 546 g/mol. The van der Waals surface area contributed by atoms with Crippen LogP contribution in [0.2, 0.25) is 0 Å². The van der Waals surface area contributed by atoms with Gasteiger partial charge in [-0.3, -0.25) is 14.4 Å². The maximum Gasteiger partial charge on any atom is 0.317 e. The highest BCUT2D eigenvalue weighted by atomic mass is 16.6. The van der Waals surface area contributed by atoms with Crippen LogP contribution in [0.3, 0.4) is 0 Å². The van der Waals surface area contributed by atoms with Gasteiger partial charge in [-0.2, -0.15) is 4.98 Å². The molecule has 9 nitrogen and oxygen atoms in total. The van der Waals surface area contributed by atoms with Crippen molar-refractivity contribution in [2.24, 2.45) is 11.8 Å². The second-order valence-corrected chi connectivity index (χ2v) is 11.5. The van der Waals surface area contributed by atoms with Gasteiger partial charge in [-0.05, 0) is 74.6 Å². The molecule has 1 N–H and O–H groups in total. The Balaban J connectivity index is 1.33. The van der Waals surface area contributed by atoms with E-state index in [1.807, 2.05) is 19.9 Å². The summed E-state index contributed by atoms with van der Waals surface area (Å²) in [5.41, 5.74) is 4.41. The minimum absolute atomic E-state index is 0.0504. The lowest BCUT2D eigenvalue weighted by atomic mass is 9.73. The summed E-state index contributed by atoms with van der Waals surface area (Å²) in [6, 6.07) is 8.25. The number of cyclic esters (lactones) is 1. The molecule has 2 aliphatic rings. The Bertz CT molecular complexity index is 1420. The van der Waals surface area contributed by atoms with Gasteiger partial charge in [0, 0.05) is 37.7 Å². The lowest BCUT2D eigenvalue weighted by molar-refractivity contribution is -0.185. The van der Waals surface area contributed by atoms with Crippen LogP contribution in [-0.2, 0) is 44.9 Å². The number of carbonyl (C=O) groups excluding carboxylic acids is 3. The summed E-state index contributed by atoms with van der Waals surface area (Å²) in [7, 11) is 0. The number of hydrogen-bond acceptors (Lipinski definition) is 7. The van der Waals surface area contributed by atoms with Gasteiger partial charge < -0.3 is 10.1 Å². The second-order valence-electron chi connectivity index (χ2n) is 11.5. The van der Waals surface area contributed by atoms with Gasteiger partial charge in [0.15, 0.2) is 11.6 Å². The standard InChI is InChI=1S/C31H39N5O4/c1-5-23-15-22(10-11-24(23)18-32-21(4)37)12-13-31(25-8-6-7-9-25)17-27(38)26(29(39)40-31)16-28-34-30-33-19(2)14-20(3)36(30)35-28/h10-11,14-15,25-26H,5-9,12-13,16-18H2,1-4H3,(H,32,37). The molecule has 1 amide bonds. The topological polar surface area (TPSA) is 116 Å². The number of esters is 1. The van der Waals surface area contributed by atoms with Crippen LogP contribution >= 0.6 is 0 Å². The highest BCUT2D eigenvalue weighted by molar-refractivity contribution is 6.01. The molecule has 2 fully saturated rings. The fraction of sp³-hybridized carbons (Fsp3) is 0.548. The second kappa shape index (κ2) is 11.5. The first-order chi connectivity index (χ1) is 19.2. The predicted octanol–water partition coefficient (Wildman–Crippen LogP) is 4.18. The smallest absolute Gasteiger partial charge is 0.317 e. The highest BCUT2D eigenvalue weighted by Gasteiger charge is 2.51. The first-order valence-corrected chi connectivity index (χ1v) is 14.5. The molecule has 2 unspecified atom stereocenters. The van der Waals surface area contributed by atoms with Crippen molar-refractivity contribution in [2.45, 2.75) is 97.6 Å². The van der Waals surface area contributed by atoms with E-state index in [0.29, 0.717) is 31.0 Å². The van der Waals surface area contributed by atoms with Crippen LogP contribution in [0.1, 0.15) is 86.3 Å². The number of nitrogens with one attached hydrogen (secondary N) is 1. The number of carbonyl (C=O) groups is 3. The zero-order chi connectivity index (χ0) is 28.4. The van der Waals surface area contributed by atoms with Crippen molar-refractivity contribution in [3.8, 4) is 0 Å².